The Morgan fingerprint density at radius 1 is 1.04 bits per heavy atom. The van der Waals surface area contributed by atoms with E-state index in [4.69, 9.17) is 30.8 Å². The van der Waals surface area contributed by atoms with Gasteiger partial charge in [-0.2, -0.15) is 13.2 Å². The molecule has 1 unspecified atom stereocenters. The standard InChI is InChI=1S/C31H32F3N9O3/c32-31(33,34)30(44)45-22(15-37-14-18-7-6-10-20(35)13-18)16-38-23-17-39-24(19-8-2-1-3-9-19)25-27(23)43(21-11-4-5-12-21)29(40-25)26-28(36)42-46-41-26/h1-3,6-10,13,17,21-22,37-38H,4-5,11-12,14-16,35H2,(H2,36,42). The quantitative estimate of drug-likeness (QED) is 0.112. The number of hydrogen-bond donors (Lipinski definition) is 4. The van der Waals surface area contributed by atoms with Crippen molar-refractivity contribution in [2.24, 2.45) is 0 Å². The monoisotopic (exact) mass is 635 g/mol. The van der Waals surface area contributed by atoms with Crippen LogP contribution in [0.5, 0.6) is 0 Å². The number of aromatic nitrogens is 5. The number of imidazole rings is 1. The van der Waals surface area contributed by atoms with Crippen molar-refractivity contribution in [1.82, 2.24) is 30.2 Å². The Kier molecular flexibility index (Phi) is 8.74. The average Bonchev–Trinajstić information content (AvgIpc) is 3.79. The molecule has 0 saturated heterocycles. The molecule has 6 rings (SSSR count). The minimum Gasteiger partial charge on any atom is -0.452 e. The number of carbonyl (C=O) groups is 1. The number of ether oxygens (including phenoxy) is 1. The van der Waals surface area contributed by atoms with Crippen molar-refractivity contribution in [2.75, 3.05) is 29.9 Å². The molecule has 0 spiro atoms. The molecule has 0 aliphatic heterocycles. The summed E-state index contributed by atoms with van der Waals surface area (Å²) in [5.74, 6) is -1.76. The molecule has 46 heavy (non-hydrogen) atoms. The van der Waals surface area contributed by atoms with Gasteiger partial charge in [0.2, 0.25) is 0 Å². The molecular formula is C31H32F3N9O3. The number of nitrogens with two attached hydrogens (primary N) is 2. The Bertz CT molecular complexity index is 1820. The third-order valence-electron chi connectivity index (χ3n) is 7.85. The van der Waals surface area contributed by atoms with Crippen molar-refractivity contribution in [1.29, 1.82) is 0 Å². The highest BCUT2D eigenvalue weighted by Crippen LogP contribution is 2.41. The number of rotatable bonds is 11. The Balaban J connectivity index is 1.37. The average molecular weight is 636 g/mol. The molecule has 12 nitrogen and oxygen atoms in total. The number of nitrogens with zero attached hydrogens (tertiary/aromatic N) is 5. The van der Waals surface area contributed by atoms with Crippen LogP contribution in [0.25, 0.3) is 33.8 Å². The van der Waals surface area contributed by atoms with E-state index in [0.29, 0.717) is 40.5 Å². The highest BCUT2D eigenvalue weighted by molar-refractivity contribution is 5.99. The van der Waals surface area contributed by atoms with Crippen molar-refractivity contribution in [3.8, 4) is 22.8 Å². The van der Waals surface area contributed by atoms with Gasteiger partial charge in [0.25, 0.3) is 0 Å². The SMILES string of the molecule is Nc1cccc(CNCC(CNc2cnc(-c3ccccc3)c3nc(-c4nonc4N)n(C4CCCC4)c23)OC(=O)C(F)(F)F)c1. The van der Waals surface area contributed by atoms with Crippen LogP contribution in [-0.4, -0.2) is 56.2 Å². The number of fused-ring (bicyclic) bond motifs is 1. The maximum Gasteiger partial charge on any atom is 0.490 e. The van der Waals surface area contributed by atoms with Crippen molar-refractivity contribution in [3.05, 3.63) is 66.4 Å². The van der Waals surface area contributed by atoms with Gasteiger partial charge in [-0.3, -0.25) is 4.98 Å². The van der Waals surface area contributed by atoms with Gasteiger partial charge in [-0.15, -0.1) is 0 Å². The van der Waals surface area contributed by atoms with Gasteiger partial charge in [-0.1, -0.05) is 55.3 Å². The van der Waals surface area contributed by atoms with Crippen LogP contribution in [-0.2, 0) is 16.1 Å². The largest absolute Gasteiger partial charge is 0.490 e. The third kappa shape index (κ3) is 6.59. The lowest BCUT2D eigenvalue weighted by molar-refractivity contribution is -0.204. The van der Waals surface area contributed by atoms with Crippen LogP contribution in [0.2, 0.25) is 0 Å². The molecule has 1 aliphatic carbocycles. The molecule has 1 aliphatic rings. The molecule has 0 radical (unpaired) electrons. The molecule has 1 saturated carbocycles. The fraction of sp³-hybridized carbons (Fsp3) is 0.323. The van der Waals surface area contributed by atoms with Crippen LogP contribution in [0.3, 0.4) is 0 Å². The molecule has 15 heteroatoms. The number of nitrogen functional groups attached to an aromatic ring is 2. The molecule has 240 valence electrons. The van der Waals surface area contributed by atoms with Crippen LogP contribution >= 0.6 is 0 Å². The zero-order valence-corrected chi connectivity index (χ0v) is 24.6. The van der Waals surface area contributed by atoms with Gasteiger partial charge in [0.1, 0.15) is 11.6 Å². The van der Waals surface area contributed by atoms with E-state index >= 15 is 0 Å². The highest BCUT2D eigenvalue weighted by Gasteiger charge is 2.42. The molecule has 0 amide bonds. The van der Waals surface area contributed by atoms with Crippen molar-refractivity contribution >= 4 is 34.2 Å². The lowest BCUT2D eigenvalue weighted by Gasteiger charge is -2.22. The second-order valence-electron chi connectivity index (χ2n) is 11.1. The number of anilines is 3. The molecule has 1 atom stereocenters. The summed E-state index contributed by atoms with van der Waals surface area (Å²) in [7, 11) is 0. The summed E-state index contributed by atoms with van der Waals surface area (Å²) in [6, 6.07) is 16.6. The number of alkyl halides is 3. The van der Waals surface area contributed by atoms with Crippen molar-refractivity contribution in [3.63, 3.8) is 0 Å². The summed E-state index contributed by atoms with van der Waals surface area (Å²) in [4.78, 5) is 21.6. The first-order valence-electron chi connectivity index (χ1n) is 14.8. The van der Waals surface area contributed by atoms with E-state index in [-0.39, 0.29) is 30.6 Å². The fourth-order valence-electron chi connectivity index (χ4n) is 5.76. The highest BCUT2D eigenvalue weighted by atomic mass is 19.4. The topological polar surface area (TPSA) is 172 Å². The number of nitrogens with one attached hydrogen (secondary N) is 2. The summed E-state index contributed by atoms with van der Waals surface area (Å²) in [6.45, 7) is 0.0657. The molecule has 6 N–H and O–H groups in total. The summed E-state index contributed by atoms with van der Waals surface area (Å²) in [5, 5.41) is 14.0. The molecule has 5 aromatic rings. The lowest BCUT2D eigenvalue weighted by atomic mass is 10.1. The first-order valence-corrected chi connectivity index (χ1v) is 14.8. The molecule has 3 aromatic heterocycles. The number of carbonyl (C=O) groups excluding carboxylic acids is 1. The predicted octanol–water partition coefficient (Wildman–Crippen LogP) is 5.10. The van der Waals surface area contributed by atoms with Crippen molar-refractivity contribution in [2.45, 2.75) is 50.6 Å². The van der Waals surface area contributed by atoms with E-state index in [2.05, 4.69) is 20.9 Å². The van der Waals surface area contributed by atoms with Crippen LogP contribution in [0.15, 0.2) is 65.4 Å². The molecule has 2 aromatic carbocycles. The van der Waals surface area contributed by atoms with E-state index in [1.54, 1.807) is 24.4 Å². The van der Waals surface area contributed by atoms with Gasteiger partial charge >= 0.3 is 12.1 Å². The van der Waals surface area contributed by atoms with E-state index in [0.717, 1.165) is 36.8 Å². The van der Waals surface area contributed by atoms with E-state index in [1.807, 2.05) is 41.0 Å². The Labute approximate surface area is 261 Å². The summed E-state index contributed by atoms with van der Waals surface area (Å²) < 4.78 is 51.6. The number of hydrogen-bond acceptors (Lipinski definition) is 11. The third-order valence-corrected chi connectivity index (χ3v) is 7.85. The first-order chi connectivity index (χ1) is 22.2. The van der Waals surface area contributed by atoms with E-state index in [9.17, 15) is 18.0 Å². The van der Waals surface area contributed by atoms with Gasteiger partial charge in [-0.05, 0) is 40.9 Å². The number of pyridine rings is 1. The molecule has 0 bridgehead atoms. The maximum absolute atomic E-state index is 13.2. The van der Waals surface area contributed by atoms with Gasteiger partial charge in [-0.25, -0.2) is 14.4 Å². The fourth-order valence-corrected chi connectivity index (χ4v) is 5.76. The number of benzene rings is 2. The zero-order chi connectivity index (χ0) is 32.3. The lowest BCUT2D eigenvalue weighted by Crippen LogP contribution is -2.39. The molecule has 3 heterocycles. The number of esters is 1. The van der Waals surface area contributed by atoms with Crippen LogP contribution in [0.1, 0.15) is 37.3 Å². The van der Waals surface area contributed by atoms with E-state index < -0.39 is 18.2 Å². The van der Waals surface area contributed by atoms with Gasteiger partial charge in [0.15, 0.2) is 17.3 Å². The van der Waals surface area contributed by atoms with Gasteiger partial charge in [0, 0.05) is 30.4 Å². The smallest absolute Gasteiger partial charge is 0.452 e. The Morgan fingerprint density at radius 3 is 2.52 bits per heavy atom. The van der Waals surface area contributed by atoms with Gasteiger partial charge < -0.3 is 31.4 Å². The second kappa shape index (κ2) is 13.0. The van der Waals surface area contributed by atoms with Crippen molar-refractivity contribution < 1.29 is 27.3 Å². The molecule has 1 fully saturated rings. The summed E-state index contributed by atoms with van der Waals surface area (Å²) >= 11 is 0. The summed E-state index contributed by atoms with van der Waals surface area (Å²) in [6.07, 6.45) is -1.00. The second-order valence-corrected chi connectivity index (χ2v) is 11.1. The normalized spacial score (nSPS) is 14.5. The predicted molar refractivity (Wildman–Crippen MR) is 165 cm³/mol. The Morgan fingerprint density at radius 2 is 1.83 bits per heavy atom. The van der Waals surface area contributed by atoms with Crippen LogP contribution < -0.4 is 22.1 Å². The van der Waals surface area contributed by atoms with Crippen LogP contribution in [0.4, 0.5) is 30.4 Å². The number of halogens is 3. The van der Waals surface area contributed by atoms with Crippen LogP contribution in [0, 0.1) is 0 Å². The molecular weight excluding hydrogens is 603 g/mol. The maximum atomic E-state index is 13.2. The Hall–Kier alpha value is -5.18. The minimum atomic E-state index is -5.15. The summed E-state index contributed by atoms with van der Waals surface area (Å²) in [5.41, 5.74) is 16.7. The zero-order valence-electron chi connectivity index (χ0n) is 24.6. The minimum absolute atomic E-state index is 0.0292. The first kappa shape index (κ1) is 30.8. The van der Waals surface area contributed by atoms with Gasteiger partial charge in [0.05, 0.1) is 29.6 Å². The van der Waals surface area contributed by atoms with E-state index in [1.165, 1.54) is 0 Å².